The van der Waals surface area contributed by atoms with Crippen LogP contribution in [0.1, 0.15) is 5.56 Å². The van der Waals surface area contributed by atoms with Gasteiger partial charge in [0.2, 0.25) is 0 Å². The number of fused-ring (bicyclic) bond motifs is 6. The van der Waals surface area contributed by atoms with Crippen molar-refractivity contribution in [2.75, 3.05) is 7.11 Å². The van der Waals surface area contributed by atoms with E-state index in [0.717, 1.165) is 55.8 Å². The molecule has 0 bridgehead atoms. The molecule has 0 atom stereocenters. The fourth-order valence-corrected chi connectivity index (χ4v) is 6.38. The monoisotopic (exact) mass is 529 g/mol. The van der Waals surface area contributed by atoms with Crippen LogP contribution in [0, 0.1) is 6.92 Å². The van der Waals surface area contributed by atoms with Crippen LogP contribution in [0.3, 0.4) is 0 Å². The van der Waals surface area contributed by atoms with Gasteiger partial charge >= 0.3 is 0 Å². The molecule has 0 unspecified atom stereocenters. The van der Waals surface area contributed by atoms with E-state index in [-0.39, 0.29) is 0 Å². The minimum atomic E-state index is 0.840. The summed E-state index contributed by atoms with van der Waals surface area (Å²) in [6.07, 6.45) is 1.86. The quantitative estimate of drug-likeness (QED) is 0.228. The fourth-order valence-electron chi connectivity index (χ4n) is 6.38. The topological polar surface area (TPSA) is 32.0 Å². The summed E-state index contributed by atoms with van der Waals surface area (Å²) in [7, 11) is 1.76. The van der Waals surface area contributed by atoms with Gasteiger partial charge in [-0.15, -0.1) is 0 Å². The summed E-state index contributed by atoms with van der Waals surface area (Å²) in [4.78, 5) is 4.73. The van der Waals surface area contributed by atoms with Crippen LogP contribution in [0.2, 0.25) is 0 Å². The van der Waals surface area contributed by atoms with Crippen LogP contribution in [0.4, 0.5) is 0 Å². The van der Waals surface area contributed by atoms with Gasteiger partial charge in [0.1, 0.15) is 0 Å². The Hall–Kier alpha value is -5.35. The molecule has 8 rings (SSSR count). The van der Waals surface area contributed by atoms with Crippen molar-refractivity contribution in [1.82, 2.24) is 14.1 Å². The van der Waals surface area contributed by atoms with Crippen LogP contribution in [0.15, 0.2) is 128 Å². The predicted molar refractivity (Wildman–Crippen MR) is 170 cm³/mol. The van der Waals surface area contributed by atoms with Crippen LogP contribution in [0.5, 0.6) is 5.75 Å². The summed E-state index contributed by atoms with van der Waals surface area (Å²) in [6.45, 7) is 2.14. The average molecular weight is 530 g/mol. The van der Waals surface area contributed by atoms with E-state index in [9.17, 15) is 0 Å². The van der Waals surface area contributed by atoms with E-state index in [0.29, 0.717) is 0 Å². The van der Waals surface area contributed by atoms with Gasteiger partial charge in [-0.2, -0.15) is 0 Å². The van der Waals surface area contributed by atoms with E-state index in [1.165, 1.54) is 21.8 Å². The minimum absolute atomic E-state index is 0.840. The standard InChI is InChI=1S/C37H27N3O/c1-24-22-30(37(41-2)35(23-24)40-33-15-8-5-12-29(33)36-34(40)16-9-21-38-36)25-17-19-26(20-18-25)39-31-13-6-3-10-27(31)28-11-4-7-14-32(28)39/h3-23H,1-2H3. The van der Waals surface area contributed by atoms with Crippen molar-refractivity contribution in [1.29, 1.82) is 0 Å². The molecule has 0 aliphatic heterocycles. The van der Waals surface area contributed by atoms with Gasteiger partial charge in [0.15, 0.2) is 5.75 Å². The lowest BCUT2D eigenvalue weighted by atomic mass is 10.00. The van der Waals surface area contributed by atoms with Crippen LogP contribution in [-0.4, -0.2) is 21.2 Å². The molecule has 0 radical (unpaired) electrons. The Bertz CT molecular complexity index is 2150. The first-order valence-electron chi connectivity index (χ1n) is 13.8. The molecule has 0 spiro atoms. The summed E-state index contributed by atoms with van der Waals surface area (Å²) < 4.78 is 10.8. The number of pyridine rings is 1. The van der Waals surface area contributed by atoms with Crippen molar-refractivity contribution in [3.8, 4) is 28.3 Å². The maximum atomic E-state index is 6.18. The Balaban J connectivity index is 1.32. The van der Waals surface area contributed by atoms with Crippen LogP contribution in [0.25, 0.3) is 66.2 Å². The van der Waals surface area contributed by atoms with Crippen LogP contribution < -0.4 is 4.74 Å². The Morgan fingerprint density at radius 2 is 1.17 bits per heavy atom. The molecule has 0 aliphatic carbocycles. The zero-order valence-electron chi connectivity index (χ0n) is 22.9. The van der Waals surface area contributed by atoms with Crippen LogP contribution >= 0.6 is 0 Å². The summed E-state index contributed by atoms with van der Waals surface area (Å²) in [5, 5.41) is 3.65. The SMILES string of the molecule is COc1c(-c2ccc(-n3c4ccccc4c4ccccc43)cc2)cc(C)cc1-n1c2ccccc2c2ncccc21. The lowest BCUT2D eigenvalue weighted by Gasteiger charge is -2.18. The molecule has 0 N–H and O–H groups in total. The first-order chi connectivity index (χ1) is 20.2. The lowest BCUT2D eigenvalue weighted by Crippen LogP contribution is -2.01. The van der Waals surface area contributed by atoms with Gasteiger partial charge in [0.05, 0.1) is 40.4 Å². The van der Waals surface area contributed by atoms with E-state index >= 15 is 0 Å². The molecule has 41 heavy (non-hydrogen) atoms. The van der Waals surface area contributed by atoms with Gasteiger partial charge in [-0.25, -0.2) is 0 Å². The Kier molecular flexibility index (Phi) is 5.22. The van der Waals surface area contributed by atoms with E-state index in [4.69, 9.17) is 9.72 Å². The molecule has 0 saturated carbocycles. The van der Waals surface area contributed by atoms with Gasteiger partial charge in [0.25, 0.3) is 0 Å². The molecular weight excluding hydrogens is 502 g/mol. The molecule has 5 aromatic carbocycles. The molecule has 4 heteroatoms. The highest BCUT2D eigenvalue weighted by Gasteiger charge is 2.20. The lowest BCUT2D eigenvalue weighted by molar-refractivity contribution is 0.415. The van der Waals surface area contributed by atoms with Crippen molar-refractivity contribution in [3.05, 3.63) is 133 Å². The number of benzene rings is 5. The van der Waals surface area contributed by atoms with Gasteiger partial charge in [0, 0.05) is 33.6 Å². The second-order valence-corrected chi connectivity index (χ2v) is 10.5. The van der Waals surface area contributed by atoms with Gasteiger partial charge < -0.3 is 13.9 Å². The van der Waals surface area contributed by atoms with Crippen molar-refractivity contribution < 1.29 is 4.74 Å². The number of hydrogen-bond acceptors (Lipinski definition) is 2. The highest BCUT2D eigenvalue weighted by molar-refractivity contribution is 6.09. The molecule has 0 fully saturated rings. The third kappa shape index (κ3) is 3.51. The number of hydrogen-bond donors (Lipinski definition) is 0. The highest BCUT2D eigenvalue weighted by Crippen LogP contribution is 2.41. The fraction of sp³-hybridized carbons (Fsp3) is 0.0541. The first kappa shape index (κ1) is 23.5. The number of rotatable bonds is 4. The second-order valence-electron chi connectivity index (χ2n) is 10.5. The molecule has 3 heterocycles. The van der Waals surface area contributed by atoms with Gasteiger partial charge in [-0.05, 0) is 72.6 Å². The normalized spacial score (nSPS) is 11.7. The van der Waals surface area contributed by atoms with Gasteiger partial charge in [-0.3, -0.25) is 4.98 Å². The van der Waals surface area contributed by atoms with E-state index < -0.39 is 0 Å². The van der Waals surface area contributed by atoms with Crippen molar-refractivity contribution in [3.63, 3.8) is 0 Å². The molecular formula is C37H27N3O. The summed E-state index contributed by atoms with van der Waals surface area (Å²) in [5.41, 5.74) is 11.0. The number of para-hydroxylation sites is 3. The van der Waals surface area contributed by atoms with Crippen molar-refractivity contribution >= 4 is 43.7 Å². The van der Waals surface area contributed by atoms with Crippen molar-refractivity contribution in [2.45, 2.75) is 6.92 Å². The number of aryl methyl sites for hydroxylation is 1. The van der Waals surface area contributed by atoms with Gasteiger partial charge in [-0.1, -0.05) is 66.7 Å². The zero-order chi connectivity index (χ0) is 27.5. The van der Waals surface area contributed by atoms with Crippen molar-refractivity contribution in [2.24, 2.45) is 0 Å². The van der Waals surface area contributed by atoms with E-state index in [1.807, 2.05) is 12.3 Å². The maximum Gasteiger partial charge on any atom is 0.150 e. The maximum absolute atomic E-state index is 6.18. The average Bonchev–Trinajstić information content (AvgIpc) is 3.54. The molecule has 8 aromatic rings. The van der Waals surface area contributed by atoms with E-state index in [2.05, 4.69) is 131 Å². The molecule has 4 nitrogen and oxygen atoms in total. The number of methoxy groups -OCH3 is 1. The summed E-state index contributed by atoms with van der Waals surface area (Å²) in [6, 6.07) is 43.0. The predicted octanol–water partition coefficient (Wildman–Crippen LogP) is 9.26. The molecule has 3 aromatic heterocycles. The summed E-state index contributed by atoms with van der Waals surface area (Å²) >= 11 is 0. The molecule has 196 valence electrons. The Morgan fingerprint density at radius 3 is 1.83 bits per heavy atom. The third-order valence-corrected chi connectivity index (χ3v) is 8.10. The molecule has 0 amide bonds. The Labute approximate surface area is 237 Å². The third-order valence-electron chi connectivity index (χ3n) is 8.10. The highest BCUT2D eigenvalue weighted by atomic mass is 16.5. The number of nitrogens with zero attached hydrogens (tertiary/aromatic N) is 3. The second kappa shape index (κ2) is 9.10. The largest absolute Gasteiger partial charge is 0.494 e. The number of ether oxygens (including phenoxy) is 1. The Morgan fingerprint density at radius 1 is 0.585 bits per heavy atom. The van der Waals surface area contributed by atoms with Crippen LogP contribution in [-0.2, 0) is 0 Å². The molecule has 0 saturated heterocycles. The first-order valence-corrected chi connectivity index (χ1v) is 13.8. The molecule has 0 aliphatic rings. The number of aromatic nitrogens is 3. The smallest absolute Gasteiger partial charge is 0.150 e. The van der Waals surface area contributed by atoms with E-state index in [1.54, 1.807) is 7.11 Å². The minimum Gasteiger partial charge on any atom is -0.494 e. The zero-order valence-corrected chi connectivity index (χ0v) is 22.9. The summed E-state index contributed by atoms with van der Waals surface area (Å²) in [5.74, 6) is 0.840.